The van der Waals surface area contributed by atoms with E-state index in [9.17, 15) is 14.4 Å². The maximum atomic E-state index is 12.1. The van der Waals surface area contributed by atoms with Crippen LogP contribution in [0.25, 0.3) is 0 Å². The highest BCUT2D eigenvalue weighted by atomic mass is 16.5. The van der Waals surface area contributed by atoms with Gasteiger partial charge < -0.3 is 15.4 Å². The number of amides is 2. The van der Waals surface area contributed by atoms with Crippen molar-refractivity contribution in [2.45, 2.75) is 20.4 Å². The number of carbonyl (C=O) groups is 3. The Balaban J connectivity index is 1.81. The van der Waals surface area contributed by atoms with E-state index in [1.807, 2.05) is 19.9 Å². The standard InChI is InChI=1S/C20H22N2O4/c1-13-8-14(2)10-17(9-13)19(24)22-12-18(23)21-11-15-4-6-16(7-5-15)20(25)26-3/h4-10H,11-12H2,1-3H3,(H,21,23)(H,22,24). The molecule has 0 fully saturated rings. The van der Waals surface area contributed by atoms with Crippen LogP contribution in [0.4, 0.5) is 0 Å². The van der Waals surface area contributed by atoms with Crippen molar-refractivity contribution in [1.82, 2.24) is 10.6 Å². The molecule has 2 aromatic carbocycles. The molecule has 0 aliphatic carbocycles. The van der Waals surface area contributed by atoms with Gasteiger partial charge in [-0.05, 0) is 43.7 Å². The molecule has 2 aromatic rings. The Labute approximate surface area is 152 Å². The summed E-state index contributed by atoms with van der Waals surface area (Å²) < 4.78 is 4.63. The van der Waals surface area contributed by atoms with E-state index >= 15 is 0 Å². The second-order valence-corrected chi connectivity index (χ2v) is 6.02. The average Bonchev–Trinajstić information content (AvgIpc) is 2.63. The molecule has 0 radical (unpaired) electrons. The maximum absolute atomic E-state index is 12.1. The van der Waals surface area contributed by atoms with Crippen molar-refractivity contribution in [3.05, 3.63) is 70.3 Å². The predicted molar refractivity (Wildman–Crippen MR) is 97.9 cm³/mol. The number of nitrogens with one attached hydrogen (secondary N) is 2. The molecular weight excluding hydrogens is 332 g/mol. The largest absolute Gasteiger partial charge is 0.465 e. The molecule has 0 aliphatic rings. The van der Waals surface area contributed by atoms with E-state index in [1.165, 1.54) is 7.11 Å². The van der Waals surface area contributed by atoms with E-state index in [4.69, 9.17) is 0 Å². The van der Waals surface area contributed by atoms with Gasteiger partial charge in [0, 0.05) is 12.1 Å². The van der Waals surface area contributed by atoms with Crippen LogP contribution < -0.4 is 10.6 Å². The molecule has 0 saturated heterocycles. The Kier molecular flexibility index (Phi) is 6.49. The third kappa shape index (κ3) is 5.44. The zero-order valence-electron chi connectivity index (χ0n) is 15.1. The molecule has 0 aromatic heterocycles. The van der Waals surface area contributed by atoms with Gasteiger partial charge in [-0.1, -0.05) is 29.3 Å². The second-order valence-electron chi connectivity index (χ2n) is 6.02. The first kappa shape index (κ1) is 19.2. The molecule has 26 heavy (non-hydrogen) atoms. The van der Waals surface area contributed by atoms with Crippen molar-refractivity contribution in [2.75, 3.05) is 13.7 Å². The first-order valence-electron chi connectivity index (χ1n) is 8.19. The maximum Gasteiger partial charge on any atom is 0.337 e. The van der Waals surface area contributed by atoms with Gasteiger partial charge >= 0.3 is 5.97 Å². The van der Waals surface area contributed by atoms with Gasteiger partial charge in [-0.2, -0.15) is 0 Å². The number of aryl methyl sites for hydroxylation is 2. The molecule has 6 nitrogen and oxygen atoms in total. The Hall–Kier alpha value is -3.15. The summed E-state index contributed by atoms with van der Waals surface area (Å²) in [6.07, 6.45) is 0. The summed E-state index contributed by atoms with van der Waals surface area (Å²) in [5.74, 6) is -0.983. The third-order valence-electron chi connectivity index (χ3n) is 3.76. The van der Waals surface area contributed by atoms with Crippen molar-refractivity contribution >= 4 is 17.8 Å². The summed E-state index contributed by atoms with van der Waals surface area (Å²) in [4.78, 5) is 35.4. The monoisotopic (exact) mass is 354 g/mol. The van der Waals surface area contributed by atoms with E-state index in [1.54, 1.807) is 36.4 Å². The van der Waals surface area contributed by atoms with Crippen LogP contribution in [0.1, 0.15) is 37.4 Å². The summed E-state index contributed by atoms with van der Waals surface area (Å²) >= 11 is 0. The SMILES string of the molecule is COC(=O)c1ccc(CNC(=O)CNC(=O)c2cc(C)cc(C)c2)cc1. The predicted octanol–water partition coefficient (Wildman–Crippen LogP) is 2.14. The molecule has 0 heterocycles. The van der Waals surface area contributed by atoms with E-state index < -0.39 is 5.97 Å². The second kappa shape index (κ2) is 8.80. The van der Waals surface area contributed by atoms with Crippen LogP contribution in [0.2, 0.25) is 0 Å². The fourth-order valence-electron chi connectivity index (χ4n) is 2.51. The highest BCUT2D eigenvalue weighted by molar-refractivity contribution is 5.96. The van der Waals surface area contributed by atoms with E-state index in [0.29, 0.717) is 17.7 Å². The number of hydrogen-bond acceptors (Lipinski definition) is 4. The van der Waals surface area contributed by atoms with Crippen molar-refractivity contribution < 1.29 is 19.1 Å². The molecule has 0 unspecified atom stereocenters. The van der Waals surface area contributed by atoms with Crippen molar-refractivity contribution in [1.29, 1.82) is 0 Å². The average molecular weight is 354 g/mol. The minimum Gasteiger partial charge on any atom is -0.465 e. The first-order valence-corrected chi connectivity index (χ1v) is 8.19. The van der Waals surface area contributed by atoms with Gasteiger partial charge in [-0.15, -0.1) is 0 Å². The lowest BCUT2D eigenvalue weighted by Gasteiger charge is -2.09. The third-order valence-corrected chi connectivity index (χ3v) is 3.76. The van der Waals surface area contributed by atoms with Crippen LogP contribution in [0, 0.1) is 13.8 Å². The lowest BCUT2D eigenvalue weighted by molar-refractivity contribution is -0.120. The molecule has 2 amide bonds. The molecule has 2 rings (SSSR count). The van der Waals surface area contributed by atoms with Crippen molar-refractivity contribution in [2.24, 2.45) is 0 Å². The molecule has 0 spiro atoms. The minimum atomic E-state index is -0.408. The number of esters is 1. The number of methoxy groups -OCH3 is 1. The van der Waals surface area contributed by atoms with Gasteiger partial charge in [-0.3, -0.25) is 9.59 Å². The summed E-state index contributed by atoms with van der Waals surface area (Å²) in [6, 6.07) is 12.3. The van der Waals surface area contributed by atoms with Crippen LogP contribution in [0.5, 0.6) is 0 Å². The normalized spacial score (nSPS) is 10.1. The zero-order chi connectivity index (χ0) is 19.1. The number of benzene rings is 2. The number of carbonyl (C=O) groups excluding carboxylic acids is 3. The summed E-state index contributed by atoms with van der Waals surface area (Å²) in [6.45, 7) is 4.04. The highest BCUT2D eigenvalue weighted by Crippen LogP contribution is 2.08. The Morgan fingerprint density at radius 3 is 2.08 bits per heavy atom. The first-order chi connectivity index (χ1) is 12.4. The number of rotatable bonds is 6. The molecular formula is C20H22N2O4. The zero-order valence-corrected chi connectivity index (χ0v) is 15.1. The van der Waals surface area contributed by atoms with Gasteiger partial charge in [0.1, 0.15) is 0 Å². The van der Waals surface area contributed by atoms with Gasteiger partial charge in [0.15, 0.2) is 0 Å². The van der Waals surface area contributed by atoms with E-state index in [2.05, 4.69) is 15.4 Å². The minimum absolute atomic E-state index is 0.105. The van der Waals surface area contributed by atoms with Gasteiger partial charge in [0.05, 0.1) is 19.2 Å². The summed E-state index contributed by atoms with van der Waals surface area (Å²) in [7, 11) is 1.32. The van der Waals surface area contributed by atoms with Crippen LogP contribution in [0.3, 0.4) is 0 Å². The molecule has 0 aliphatic heterocycles. The molecule has 0 bridgehead atoms. The summed E-state index contributed by atoms with van der Waals surface area (Å²) in [5, 5.41) is 5.33. The van der Waals surface area contributed by atoms with Crippen LogP contribution in [-0.4, -0.2) is 31.4 Å². The lowest BCUT2D eigenvalue weighted by atomic mass is 10.1. The van der Waals surface area contributed by atoms with Crippen LogP contribution in [-0.2, 0) is 16.1 Å². The molecule has 0 saturated carbocycles. The highest BCUT2D eigenvalue weighted by Gasteiger charge is 2.09. The fraction of sp³-hybridized carbons (Fsp3) is 0.250. The Morgan fingerprint density at radius 2 is 1.50 bits per heavy atom. The van der Waals surface area contributed by atoms with Crippen LogP contribution in [0.15, 0.2) is 42.5 Å². The quantitative estimate of drug-likeness (QED) is 0.779. The lowest BCUT2D eigenvalue weighted by Crippen LogP contribution is -2.36. The number of hydrogen-bond donors (Lipinski definition) is 2. The van der Waals surface area contributed by atoms with Gasteiger partial charge in [0.25, 0.3) is 5.91 Å². The van der Waals surface area contributed by atoms with Gasteiger partial charge in [0.2, 0.25) is 5.91 Å². The topological polar surface area (TPSA) is 84.5 Å². The van der Waals surface area contributed by atoms with E-state index in [-0.39, 0.29) is 18.4 Å². The Morgan fingerprint density at radius 1 is 0.885 bits per heavy atom. The van der Waals surface area contributed by atoms with Crippen molar-refractivity contribution in [3.63, 3.8) is 0 Å². The molecule has 2 N–H and O–H groups in total. The Bertz CT molecular complexity index is 793. The van der Waals surface area contributed by atoms with Crippen molar-refractivity contribution in [3.8, 4) is 0 Å². The van der Waals surface area contributed by atoms with Gasteiger partial charge in [-0.25, -0.2) is 4.79 Å². The molecule has 0 atom stereocenters. The number of ether oxygens (including phenoxy) is 1. The smallest absolute Gasteiger partial charge is 0.337 e. The molecule has 6 heteroatoms. The summed E-state index contributed by atoms with van der Waals surface area (Å²) in [5.41, 5.74) is 3.81. The fourth-order valence-corrected chi connectivity index (χ4v) is 2.51. The van der Waals surface area contributed by atoms with Crippen LogP contribution >= 0.6 is 0 Å². The molecule has 136 valence electrons. The van der Waals surface area contributed by atoms with E-state index in [0.717, 1.165) is 16.7 Å².